The number of rotatable bonds is 2. The molecule has 1 nitrogen and oxygen atoms in total. The molecule has 84 valence electrons. The molecule has 0 spiro atoms. The molecule has 2 aromatic rings. The van der Waals surface area contributed by atoms with Gasteiger partial charge in [-0.1, -0.05) is 60.7 Å². The second-order valence-corrected chi connectivity index (χ2v) is 4.41. The molecule has 1 atom stereocenters. The van der Waals surface area contributed by atoms with Crippen LogP contribution in [0.1, 0.15) is 30.0 Å². The zero-order valence-electron chi connectivity index (χ0n) is 9.71. The maximum Gasteiger partial charge on any atom is 0.0756 e. The Balaban J connectivity index is 1.87. The lowest BCUT2D eigenvalue weighted by molar-refractivity contribution is 0.723. The first-order valence-corrected chi connectivity index (χ1v) is 6.10. The Morgan fingerprint density at radius 3 is 2.18 bits per heavy atom. The van der Waals surface area contributed by atoms with Crippen LogP contribution in [-0.4, -0.2) is 5.71 Å². The molecule has 0 radical (unpaired) electrons. The summed E-state index contributed by atoms with van der Waals surface area (Å²) in [5.41, 5.74) is 3.85. The van der Waals surface area contributed by atoms with E-state index >= 15 is 0 Å². The van der Waals surface area contributed by atoms with Gasteiger partial charge in [0.1, 0.15) is 0 Å². The molecule has 1 heteroatoms. The molecule has 1 aliphatic heterocycles. The van der Waals surface area contributed by atoms with Crippen molar-refractivity contribution in [3.63, 3.8) is 0 Å². The van der Waals surface area contributed by atoms with Crippen molar-refractivity contribution in [3.05, 3.63) is 71.8 Å². The second kappa shape index (κ2) is 4.54. The highest BCUT2D eigenvalue weighted by molar-refractivity contribution is 6.01. The minimum Gasteiger partial charge on any atom is -0.281 e. The first kappa shape index (κ1) is 10.3. The van der Waals surface area contributed by atoms with Crippen molar-refractivity contribution in [1.29, 1.82) is 0 Å². The molecular weight excluding hydrogens is 206 g/mol. The predicted octanol–water partition coefficient (Wildman–Crippen LogP) is 4.01. The summed E-state index contributed by atoms with van der Waals surface area (Å²) >= 11 is 0. The van der Waals surface area contributed by atoms with E-state index < -0.39 is 0 Å². The Labute approximate surface area is 102 Å². The minimum absolute atomic E-state index is 0.353. The molecule has 0 saturated heterocycles. The fraction of sp³-hybridized carbons (Fsp3) is 0.188. The predicted molar refractivity (Wildman–Crippen MR) is 71.4 cm³/mol. The summed E-state index contributed by atoms with van der Waals surface area (Å²) in [5.74, 6) is 0. The zero-order valence-corrected chi connectivity index (χ0v) is 9.71. The maximum absolute atomic E-state index is 4.85. The number of hydrogen-bond acceptors (Lipinski definition) is 1. The highest BCUT2D eigenvalue weighted by Gasteiger charge is 2.19. The van der Waals surface area contributed by atoms with Gasteiger partial charge in [-0.2, -0.15) is 0 Å². The Morgan fingerprint density at radius 2 is 1.47 bits per heavy atom. The normalized spacial score (nSPS) is 19.1. The van der Waals surface area contributed by atoms with E-state index in [1.54, 1.807) is 0 Å². The lowest BCUT2D eigenvalue weighted by Crippen LogP contribution is -1.94. The van der Waals surface area contributed by atoms with Crippen LogP contribution in [0.5, 0.6) is 0 Å². The first-order chi connectivity index (χ1) is 8.43. The van der Waals surface area contributed by atoms with E-state index in [1.807, 2.05) is 6.07 Å². The van der Waals surface area contributed by atoms with Crippen molar-refractivity contribution in [2.24, 2.45) is 4.99 Å². The van der Waals surface area contributed by atoms with Crippen LogP contribution >= 0.6 is 0 Å². The molecule has 1 unspecified atom stereocenters. The quantitative estimate of drug-likeness (QED) is 0.726. The van der Waals surface area contributed by atoms with Gasteiger partial charge in [-0.15, -0.1) is 0 Å². The van der Waals surface area contributed by atoms with Crippen LogP contribution in [0.4, 0.5) is 0 Å². The van der Waals surface area contributed by atoms with Crippen molar-refractivity contribution < 1.29 is 0 Å². The summed E-state index contributed by atoms with van der Waals surface area (Å²) < 4.78 is 0. The minimum atomic E-state index is 0.353. The van der Waals surface area contributed by atoms with Gasteiger partial charge in [-0.3, -0.25) is 4.99 Å². The molecule has 2 aromatic carbocycles. The van der Waals surface area contributed by atoms with Crippen molar-refractivity contribution >= 4 is 5.71 Å². The fourth-order valence-corrected chi connectivity index (χ4v) is 2.36. The number of hydrogen-bond donors (Lipinski definition) is 0. The van der Waals surface area contributed by atoms with E-state index in [-0.39, 0.29) is 0 Å². The molecule has 0 aromatic heterocycles. The molecule has 1 heterocycles. The third-order valence-corrected chi connectivity index (χ3v) is 3.26. The average Bonchev–Trinajstić information content (AvgIpc) is 2.90. The lowest BCUT2D eigenvalue weighted by Gasteiger charge is -2.05. The van der Waals surface area contributed by atoms with Gasteiger partial charge in [0.15, 0.2) is 0 Å². The van der Waals surface area contributed by atoms with E-state index in [2.05, 4.69) is 54.6 Å². The smallest absolute Gasteiger partial charge is 0.0756 e. The molecule has 0 fully saturated rings. The van der Waals surface area contributed by atoms with Gasteiger partial charge in [-0.25, -0.2) is 0 Å². The van der Waals surface area contributed by atoms with Crippen LogP contribution in [0.25, 0.3) is 0 Å². The Morgan fingerprint density at radius 1 is 0.824 bits per heavy atom. The van der Waals surface area contributed by atoms with Crippen molar-refractivity contribution in [2.45, 2.75) is 18.9 Å². The van der Waals surface area contributed by atoms with Crippen LogP contribution in [0.2, 0.25) is 0 Å². The van der Waals surface area contributed by atoms with Gasteiger partial charge in [0.25, 0.3) is 0 Å². The standard InChI is InChI=1S/C16H15N/c1-3-7-13(8-4-1)15-11-12-16(17-15)14-9-5-2-6-10-14/h1-10,15H,11-12H2. The largest absolute Gasteiger partial charge is 0.281 e. The monoisotopic (exact) mass is 221 g/mol. The Hall–Kier alpha value is -1.89. The topological polar surface area (TPSA) is 12.4 Å². The van der Waals surface area contributed by atoms with E-state index in [1.165, 1.54) is 16.8 Å². The lowest BCUT2D eigenvalue weighted by atomic mass is 10.0. The Kier molecular flexibility index (Phi) is 2.74. The summed E-state index contributed by atoms with van der Waals surface area (Å²) in [6, 6.07) is 21.4. The molecule has 0 saturated carbocycles. The van der Waals surface area contributed by atoms with Gasteiger partial charge in [0.2, 0.25) is 0 Å². The highest BCUT2D eigenvalue weighted by atomic mass is 14.8. The molecule has 1 aliphatic rings. The third-order valence-electron chi connectivity index (χ3n) is 3.26. The van der Waals surface area contributed by atoms with Crippen LogP contribution < -0.4 is 0 Å². The van der Waals surface area contributed by atoms with Crippen molar-refractivity contribution in [2.75, 3.05) is 0 Å². The molecule has 0 N–H and O–H groups in total. The maximum atomic E-state index is 4.85. The van der Waals surface area contributed by atoms with E-state index in [4.69, 9.17) is 4.99 Å². The summed E-state index contributed by atoms with van der Waals surface area (Å²) in [6.07, 6.45) is 2.22. The SMILES string of the molecule is c1ccc(C2=NC(c3ccccc3)CC2)cc1. The molecule has 0 amide bonds. The third kappa shape index (κ3) is 2.14. The summed E-state index contributed by atoms with van der Waals surface area (Å²) in [5, 5.41) is 0. The molecular formula is C16H15N. The number of aliphatic imine (C=N–C) groups is 1. The van der Waals surface area contributed by atoms with Crippen molar-refractivity contribution in [3.8, 4) is 0 Å². The van der Waals surface area contributed by atoms with E-state index in [0.29, 0.717) is 6.04 Å². The van der Waals surface area contributed by atoms with Gasteiger partial charge in [0.05, 0.1) is 6.04 Å². The molecule has 3 rings (SSSR count). The molecule has 0 aliphatic carbocycles. The van der Waals surface area contributed by atoms with Gasteiger partial charge >= 0.3 is 0 Å². The van der Waals surface area contributed by atoms with Crippen LogP contribution in [0.3, 0.4) is 0 Å². The number of benzene rings is 2. The van der Waals surface area contributed by atoms with Gasteiger partial charge in [-0.05, 0) is 24.0 Å². The van der Waals surface area contributed by atoms with Crippen LogP contribution in [-0.2, 0) is 0 Å². The van der Waals surface area contributed by atoms with Crippen LogP contribution in [0.15, 0.2) is 65.7 Å². The number of nitrogens with zero attached hydrogens (tertiary/aromatic N) is 1. The van der Waals surface area contributed by atoms with E-state index in [9.17, 15) is 0 Å². The van der Waals surface area contributed by atoms with E-state index in [0.717, 1.165) is 12.8 Å². The first-order valence-electron chi connectivity index (χ1n) is 6.10. The van der Waals surface area contributed by atoms with Gasteiger partial charge < -0.3 is 0 Å². The molecule has 0 bridgehead atoms. The zero-order chi connectivity index (χ0) is 11.5. The average molecular weight is 221 g/mol. The van der Waals surface area contributed by atoms with Crippen molar-refractivity contribution in [1.82, 2.24) is 0 Å². The molecule has 17 heavy (non-hydrogen) atoms. The second-order valence-electron chi connectivity index (χ2n) is 4.41. The Bertz CT molecular complexity index is 514. The summed E-state index contributed by atoms with van der Waals surface area (Å²) in [4.78, 5) is 4.85. The fourth-order valence-electron chi connectivity index (χ4n) is 2.36. The van der Waals surface area contributed by atoms with Crippen LogP contribution in [0, 0.1) is 0 Å². The van der Waals surface area contributed by atoms with Gasteiger partial charge in [0, 0.05) is 5.71 Å². The highest BCUT2D eigenvalue weighted by Crippen LogP contribution is 2.30. The summed E-state index contributed by atoms with van der Waals surface area (Å²) in [7, 11) is 0. The summed E-state index contributed by atoms with van der Waals surface area (Å²) in [6.45, 7) is 0.